The number of H-pyrrole nitrogens is 1. The normalized spacial score (nSPS) is 10.5. The van der Waals surface area contributed by atoms with Gasteiger partial charge < -0.3 is 10.1 Å². The molecule has 3 nitrogen and oxygen atoms in total. The van der Waals surface area contributed by atoms with Gasteiger partial charge in [0.25, 0.3) is 0 Å². The van der Waals surface area contributed by atoms with Crippen molar-refractivity contribution in [3.63, 3.8) is 0 Å². The van der Waals surface area contributed by atoms with E-state index in [0.29, 0.717) is 5.82 Å². The number of nitrogens with one attached hydrogen (secondary N) is 1. The van der Waals surface area contributed by atoms with Crippen LogP contribution in [0.2, 0.25) is 0 Å². The molecule has 0 amide bonds. The maximum atomic E-state index is 8.89. The summed E-state index contributed by atoms with van der Waals surface area (Å²) in [5.74, 6) is 0.601. The van der Waals surface area contributed by atoms with Gasteiger partial charge in [-0.25, -0.2) is 4.98 Å². The van der Waals surface area contributed by atoms with Gasteiger partial charge in [-0.05, 0) is 17.5 Å². The summed E-state index contributed by atoms with van der Waals surface area (Å²) in [6.45, 7) is 2.09. The lowest BCUT2D eigenvalue weighted by Gasteiger charge is -1.99. The predicted molar refractivity (Wildman–Crippen MR) is 59.3 cm³/mol. The number of imidazole rings is 1. The second kappa shape index (κ2) is 4.28. The first-order valence-electron chi connectivity index (χ1n) is 5.07. The Labute approximate surface area is 88.8 Å². The van der Waals surface area contributed by atoms with Crippen LogP contribution < -0.4 is 0 Å². The molecular weight excluding hydrogens is 188 g/mol. The van der Waals surface area contributed by atoms with Crippen LogP contribution in [0, 0.1) is 0 Å². The van der Waals surface area contributed by atoms with Gasteiger partial charge in [-0.15, -0.1) is 0 Å². The van der Waals surface area contributed by atoms with E-state index in [0.717, 1.165) is 17.7 Å². The first-order valence-corrected chi connectivity index (χ1v) is 5.07. The highest BCUT2D eigenvalue weighted by Gasteiger charge is 2.01. The highest BCUT2D eigenvalue weighted by Crippen LogP contribution is 2.17. The smallest absolute Gasteiger partial charge is 0.132 e. The molecule has 0 aliphatic carbocycles. The fourth-order valence-corrected chi connectivity index (χ4v) is 1.51. The summed E-state index contributed by atoms with van der Waals surface area (Å²) in [6, 6.07) is 8.34. The summed E-state index contributed by atoms with van der Waals surface area (Å²) in [7, 11) is 0. The Balaban J connectivity index is 2.28. The molecule has 1 heterocycles. The molecule has 0 aliphatic heterocycles. The molecule has 0 bridgehead atoms. The Morgan fingerprint density at radius 1 is 1.27 bits per heavy atom. The monoisotopic (exact) mass is 202 g/mol. The SMILES string of the molecule is CCc1ccc(-c2cnc(CO)[nH]2)cc1. The van der Waals surface area contributed by atoms with Gasteiger partial charge in [-0.3, -0.25) is 0 Å². The van der Waals surface area contributed by atoms with E-state index < -0.39 is 0 Å². The highest BCUT2D eigenvalue weighted by atomic mass is 16.3. The van der Waals surface area contributed by atoms with E-state index in [-0.39, 0.29) is 6.61 Å². The lowest BCUT2D eigenvalue weighted by atomic mass is 10.1. The molecule has 0 saturated carbocycles. The predicted octanol–water partition coefficient (Wildman–Crippen LogP) is 2.13. The van der Waals surface area contributed by atoms with Crippen molar-refractivity contribution in [2.45, 2.75) is 20.0 Å². The van der Waals surface area contributed by atoms with Gasteiger partial charge in [0.05, 0.1) is 11.9 Å². The van der Waals surface area contributed by atoms with E-state index in [1.54, 1.807) is 6.20 Å². The maximum absolute atomic E-state index is 8.89. The zero-order valence-electron chi connectivity index (χ0n) is 8.70. The molecule has 0 atom stereocenters. The molecule has 0 radical (unpaired) electrons. The van der Waals surface area contributed by atoms with Crippen LogP contribution in [0.1, 0.15) is 18.3 Å². The summed E-state index contributed by atoms with van der Waals surface area (Å²) < 4.78 is 0. The number of aryl methyl sites for hydroxylation is 1. The first-order chi connectivity index (χ1) is 7.33. The summed E-state index contributed by atoms with van der Waals surface area (Å²) in [6.07, 6.45) is 2.79. The summed E-state index contributed by atoms with van der Waals surface area (Å²) in [4.78, 5) is 7.10. The average molecular weight is 202 g/mol. The number of hydrogen-bond acceptors (Lipinski definition) is 2. The van der Waals surface area contributed by atoms with Crippen LogP contribution in [0.25, 0.3) is 11.3 Å². The van der Waals surface area contributed by atoms with E-state index in [2.05, 4.69) is 41.2 Å². The molecule has 1 aromatic carbocycles. The average Bonchev–Trinajstić information content (AvgIpc) is 2.78. The molecule has 2 N–H and O–H groups in total. The van der Waals surface area contributed by atoms with Crippen LogP contribution in [0.15, 0.2) is 30.5 Å². The molecule has 1 aromatic heterocycles. The minimum atomic E-state index is -0.0486. The standard InChI is InChI=1S/C12H14N2O/c1-2-9-3-5-10(6-4-9)11-7-13-12(8-15)14-11/h3-7,15H,2,8H2,1H3,(H,13,14). The number of aromatic amines is 1. The second-order valence-corrected chi connectivity index (χ2v) is 3.45. The number of rotatable bonds is 3. The quantitative estimate of drug-likeness (QED) is 0.801. The Morgan fingerprint density at radius 3 is 2.53 bits per heavy atom. The Hall–Kier alpha value is -1.61. The van der Waals surface area contributed by atoms with Crippen molar-refractivity contribution in [2.24, 2.45) is 0 Å². The van der Waals surface area contributed by atoms with Crippen molar-refractivity contribution in [2.75, 3.05) is 0 Å². The lowest BCUT2D eigenvalue weighted by Crippen LogP contribution is -1.85. The van der Waals surface area contributed by atoms with Crippen molar-refractivity contribution < 1.29 is 5.11 Å². The van der Waals surface area contributed by atoms with E-state index in [1.807, 2.05) is 0 Å². The van der Waals surface area contributed by atoms with E-state index >= 15 is 0 Å². The molecule has 2 rings (SSSR count). The number of hydrogen-bond donors (Lipinski definition) is 2. The fourth-order valence-electron chi connectivity index (χ4n) is 1.51. The van der Waals surface area contributed by atoms with E-state index in [4.69, 9.17) is 5.11 Å². The molecule has 0 aliphatic rings. The zero-order chi connectivity index (χ0) is 10.7. The van der Waals surface area contributed by atoms with Crippen LogP contribution in [-0.4, -0.2) is 15.1 Å². The molecule has 0 spiro atoms. The first kappa shape index (κ1) is 9.93. The van der Waals surface area contributed by atoms with E-state index in [9.17, 15) is 0 Å². The number of aromatic nitrogens is 2. The third kappa shape index (κ3) is 2.07. The number of aliphatic hydroxyl groups is 1. The molecule has 0 unspecified atom stereocenters. The minimum Gasteiger partial charge on any atom is -0.388 e. The lowest BCUT2D eigenvalue weighted by molar-refractivity contribution is 0.272. The molecule has 2 aromatic rings. The minimum absolute atomic E-state index is 0.0486. The molecule has 78 valence electrons. The third-order valence-corrected chi connectivity index (χ3v) is 2.45. The van der Waals surface area contributed by atoms with Crippen LogP contribution in [0.5, 0.6) is 0 Å². The van der Waals surface area contributed by atoms with Gasteiger partial charge in [0, 0.05) is 0 Å². The topological polar surface area (TPSA) is 48.9 Å². The van der Waals surface area contributed by atoms with Crippen LogP contribution in [-0.2, 0) is 13.0 Å². The van der Waals surface area contributed by atoms with Gasteiger partial charge in [0.2, 0.25) is 0 Å². The second-order valence-electron chi connectivity index (χ2n) is 3.45. The molecule has 15 heavy (non-hydrogen) atoms. The van der Waals surface area contributed by atoms with E-state index in [1.165, 1.54) is 5.56 Å². The molecule has 0 fully saturated rings. The van der Waals surface area contributed by atoms with Crippen molar-refractivity contribution in [1.29, 1.82) is 0 Å². The van der Waals surface area contributed by atoms with Gasteiger partial charge in [0.1, 0.15) is 12.4 Å². The highest BCUT2D eigenvalue weighted by molar-refractivity contribution is 5.58. The number of aliphatic hydroxyl groups excluding tert-OH is 1. The summed E-state index contributed by atoms with van der Waals surface area (Å²) in [5, 5.41) is 8.89. The summed E-state index contributed by atoms with van der Waals surface area (Å²) >= 11 is 0. The van der Waals surface area contributed by atoms with Gasteiger partial charge in [-0.2, -0.15) is 0 Å². The van der Waals surface area contributed by atoms with Crippen molar-refractivity contribution in [3.8, 4) is 11.3 Å². The number of benzene rings is 1. The largest absolute Gasteiger partial charge is 0.388 e. The van der Waals surface area contributed by atoms with Crippen molar-refractivity contribution >= 4 is 0 Å². The molecule has 0 saturated heterocycles. The van der Waals surface area contributed by atoms with Crippen LogP contribution in [0.3, 0.4) is 0 Å². The van der Waals surface area contributed by atoms with Gasteiger partial charge in [-0.1, -0.05) is 31.2 Å². The van der Waals surface area contributed by atoms with Crippen molar-refractivity contribution in [3.05, 3.63) is 41.9 Å². The van der Waals surface area contributed by atoms with Gasteiger partial charge >= 0.3 is 0 Å². The van der Waals surface area contributed by atoms with Gasteiger partial charge in [0.15, 0.2) is 0 Å². The fraction of sp³-hybridized carbons (Fsp3) is 0.250. The Bertz CT molecular complexity index is 431. The summed E-state index contributed by atoms with van der Waals surface area (Å²) in [5.41, 5.74) is 3.36. The molecular formula is C12H14N2O. The molecule has 3 heteroatoms. The zero-order valence-corrected chi connectivity index (χ0v) is 8.70. The van der Waals surface area contributed by atoms with Crippen molar-refractivity contribution in [1.82, 2.24) is 9.97 Å². The number of nitrogens with zero attached hydrogens (tertiary/aromatic N) is 1. The third-order valence-electron chi connectivity index (χ3n) is 2.45. The Kier molecular flexibility index (Phi) is 2.83. The van der Waals surface area contributed by atoms with Crippen LogP contribution in [0.4, 0.5) is 0 Å². The van der Waals surface area contributed by atoms with Crippen LogP contribution >= 0.6 is 0 Å². The Morgan fingerprint density at radius 2 is 2.00 bits per heavy atom. The maximum Gasteiger partial charge on any atom is 0.132 e.